The minimum atomic E-state index is -3.41. The predicted molar refractivity (Wildman–Crippen MR) is 101 cm³/mol. The van der Waals surface area contributed by atoms with Crippen LogP contribution in [-0.2, 0) is 16.9 Å². The smallest absolute Gasteiger partial charge is 0.322 e. The fourth-order valence-electron chi connectivity index (χ4n) is 2.52. The zero-order chi connectivity index (χ0) is 19.8. The largest absolute Gasteiger partial charge is 0.350 e. The molecule has 2 aromatic carbocycles. The van der Waals surface area contributed by atoms with Crippen LogP contribution in [0.1, 0.15) is 15.9 Å². The average Bonchev–Trinajstić information content (AvgIpc) is 2.94. The third-order valence-electron chi connectivity index (χ3n) is 4.07. The number of amides is 1. The second kappa shape index (κ2) is 6.84. The molecule has 0 atom stereocenters. The first-order chi connectivity index (χ1) is 12.7. The van der Waals surface area contributed by atoms with Gasteiger partial charge in [0.15, 0.2) is 9.84 Å². The van der Waals surface area contributed by atoms with Crippen molar-refractivity contribution >= 4 is 21.4 Å². The number of aryl methyl sites for hydroxylation is 2. The minimum absolute atomic E-state index is 0.0862. The van der Waals surface area contributed by atoms with Crippen molar-refractivity contribution in [3.05, 3.63) is 70.4 Å². The van der Waals surface area contributed by atoms with Gasteiger partial charge in [-0.2, -0.15) is 9.78 Å². The molecule has 1 N–H and O–H groups in total. The van der Waals surface area contributed by atoms with Crippen LogP contribution in [0.4, 0.5) is 5.69 Å². The zero-order valence-electron chi connectivity index (χ0n) is 15.0. The molecule has 0 unspecified atom stereocenters. The summed E-state index contributed by atoms with van der Waals surface area (Å²) in [5.74, 6) is -0.416. The van der Waals surface area contributed by atoms with Crippen molar-refractivity contribution in [2.24, 2.45) is 7.05 Å². The van der Waals surface area contributed by atoms with Crippen molar-refractivity contribution in [2.45, 2.75) is 11.8 Å². The Morgan fingerprint density at radius 3 is 2.33 bits per heavy atom. The first-order valence-electron chi connectivity index (χ1n) is 8.00. The molecule has 3 aromatic rings. The Morgan fingerprint density at radius 2 is 1.78 bits per heavy atom. The van der Waals surface area contributed by atoms with E-state index in [0.717, 1.165) is 6.26 Å². The predicted octanol–water partition coefficient (Wildman–Crippen LogP) is 1.54. The van der Waals surface area contributed by atoms with E-state index in [0.29, 0.717) is 16.9 Å². The number of nitrogens with one attached hydrogen (secondary N) is 1. The molecule has 27 heavy (non-hydrogen) atoms. The number of nitrogens with zero attached hydrogens (tertiary/aromatic N) is 3. The summed E-state index contributed by atoms with van der Waals surface area (Å²) in [4.78, 5) is 24.5. The number of hydrogen-bond donors (Lipinski definition) is 1. The van der Waals surface area contributed by atoms with Crippen molar-refractivity contribution in [3.8, 4) is 5.69 Å². The second-order valence-electron chi connectivity index (χ2n) is 6.19. The topological polar surface area (TPSA) is 103 Å². The summed E-state index contributed by atoms with van der Waals surface area (Å²) < 4.78 is 26.0. The van der Waals surface area contributed by atoms with Gasteiger partial charge in [0.2, 0.25) is 0 Å². The van der Waals surface area contributed by atoms with Gasteiger partial charge >= 0.3 is 5.69 Å². The molecule has 0 fully saturated rings. The van der Waals surface area contributed by atoms with Crippen LogP contribution >= 0.6 is 0 Å². The van der Waals surface area contributed by atoms with Crippen molar-refractivity contribution < 1.29 is 13.2 Å². The molecule has 140 valence electrons. The van der Waals surface area contributed by atoms with E-state index in [1.165, 1.54) is 27.7 Å². The Bertz CT molecular complexity index is 1170. The monoisotopic (exact) mass is 386 g/mol. The van der Waals surface area contributed by atoms with Gasteiger partial charge in [0.25, 0.3) is 5.91 Å². The summed E-state index contributed by atoms with van der Waals surface area (Å²) in [5, 5.41) is 6.72. The number of sulfone groups is 1. The van der Waals surface area contributed by atoms with E-state index in [4.69, 9.17) is 0 Å². The zero-order valence-corrected chi connectivity index (χ0v) is 15.8. The highest BCUT2D eigenvalue weighted by molar-refractivity contribution is 7.90. The number of anilines is 1. The molecule has 0 aliphatic carbocycles. The number of carbonyl (C=O) groups is 1. The molecule has 0 saturated heterocycles. The molecule has 0 radical (unpaired) electrons. The Kier molecular flexibility index (Phi) is 4.71. The first kappa shape index (κ1) is 18.6. The summed E-state index contributed by atoms with van der Waals surface area (Å²) in [6.45, 7) is 1.73. The van der Waals surface area contributed by atoms with Crippen LogP contribution in [0.25, 0.3) is 5.69 Å². The number of benzene rings is 2. The molecule has 1 amide bonds. The van der Waals surface area contributed by atoms with Gasteiger partial charge in [0.1, 0.15) is 6.33 Å². The molecule has 1 aromatic heterocycles. The van der Waals surface area contributed by atoms with Crippen LogP contribution in [0.3, 0.4) is 0 Å². The van der Waals surface area contributed by atoms with Gasteiger partial charge in [-0.05, 0) is 48.9 Å². The molecular weight excluding hydrogens is 368 g/mol. The summed E-state index contributed by atoms with van der Waals surface area (Å²) in [5.41, 5.74) is 1.74. The van der Waals surface area contributed by atoms with Crippen molar-refractivity contribution in [2.75, 3.05) is 11.6 Å². The molecule has 0 spiro atoms. The molecule has 0 aliphatic rings. The molecule has 1 heterocycles. The molecule has 0 aliphatic heterocycles. The van der Waals surface area contributed by atoms with Gasteiger partial charge in [-0.3, -0.25) is 9.36 Å². The highest BCUT2D eigenvalue weighted by atomic mass is 32.2. The summed E-state index contributed by atoms with van der Waals surface area (Å²) in [6.07, 6.45) is 2.51. The fourth-order valence-corrected chi connectivity index (χ4v) is 3.16. The number of rotatable bonds is 4. The molecule has 9 heteroatoms. The van der Waals surface area contributed by atoms with Crippen LogP contribution in [0.5, 0.6) is 0 Å². The summed E-state index contributed by atoms with van der Waals surface area (Å²) in [6, 6.07) is 11.0. The lowest BCUT2D eigenvalue weighted by molar-refractivity contribution is 0.102. The summed E-state index contributed by atoms with van der Waals surface area (Å²) in [7, 11) is -1.80. The fraction of sp³-hybridized carbons (Fsp3) is 0.167. The normalized spacial score (nSPS) is 11.4. The molecule has 3 rings (SSSR count). The SMILES string of the molecule is Cc1ccc(S(C)(=O)=O)cc1C(=O)Nc1ccc(-n2ncn(C)c2=O)cc1. The molecule has 8 nitrogen and oxygen atoms in total. The Labute approximate surface area is 156 Å². The van der Waals surface area contributed by atoms with E-state index in [9.17, 15) is 18.0 Å². The van der Waals surface area contributed by atoms with Crippen LogP contribution < -0.4 is 11.0 Å². The van der Waals surface area contributed by atoms with Gasteiger partial charge in [0.05, 0.1) is 10.6 Å². The highest BCUT2D eigenvalue weighted by Crippen LogP contribution is 2.18. The van der Waals surface area contributed by atoms with Gasteiger partial charge in [-0.1, -0.05) is 6.07 Å². The maximum absolute atomic E-state index is 12.5. The third-order valence-corrected chi connectivity index (χ3v) is 5.19. The van der Waals surface area contributed by atoms with Gasteiger partial charge in [0, 0.05) is 24.6 Å². The van der Waals surface area contributed by atoms with Crippen molar-refractivity contribution in [1.29, 1.82) is 0 Å². The van der Waals surface area contributed by atoms with Gasteiger partial charge < -0.3 is 5.32 Å². The first-order valence-corrected chi connectivity index (χ1v) is 9.89. The van der Waals surface area contributed by atoms with Crippen LogP contribution in [0.2, 0.25) is 0 Å². The third kappa shape index (κ3) is 3.82. The molecular formula is C18H18N4O4S. The van der Waals surface area contributed by atoms with Gasteiger partial charge in [-0.15, -0.1) is 0 Å². The van der Waals surface area contributed by atoms with Crippen LogP contribution in [0.15, 0.2) is 58.5 Å². The Balaban J connectivity index is 1.85. The van der Waals surface area contributed by atoms with Crippen LogP contribution in [0, 0.1) is 6.92 Å². The maximum Gasteiger partial charge on any atom is 0.350 e. The van der Waals surface area contributed by atoms with Gasteiger partial charge in [-0.25, -0.2) is 13.2 Å². The number of aromatic nitrogens is 3. The highest BCUT2D eigenvalue weighted by Gasteiger charge is 2.15. The lowest BCUT2D eigenvalue weighted by Gasteiger charge is -2.10. The number of carbonyl (C=O) groups excluding carboxylic acids is 1. The van der Waals surface area contributed by atoms with E-state index in [2.05, 4.69) is 10.4 Å². The lowest BCUT2D eigenvalue weighted by Crippen LogP contribution is -2.21. The average molecular weight is 386 g/mol. The lowest BCUT2D eigenvalue weighted by atomic mass is 10.1. The van der Waals surface area contributed by atoms with Crippen molar-refractivity contribution in [1.82, 2.24) is 14.3 Å². The van der Waals surface area contributed by atoms with E-state index in [1.54, 1.807) is 44.3 Å². The quantitative estimate of drug-likeness (QED) is 0.733. The molecule has 0 saturated carbocycles. The second-order valence-corrected chi connectivity index (χ2v) is 8.20. The Morgan fingerprint density at radius 1 is 1.11 bits per heavy atom. The van der Waals surface area contributed by atoms with E-state index < -0.39 is 15.7 Å². The standard InChI is InChI=1S/C18H18N4O4S/c1-12-4-9-15(27(3,25)26)10-16(12)17(23)20-13-5-7-14(8-6-13)22-18(24)21(2)11-19-22/h4-11H,1-3H3,(H,20,23). The van der Waals surface area contributed by atoms with E-state index in [1.807, 2.05) is 0 Å². The van der Waals surface area contributed by atoms with Crippen molar-refractivity contribution in [3.63, 3.8) is 0 Å². The molecule has 0 bridgehead atoms. The minimum Gasteiger partial charge on any atom is -0.322 e. The summed E-state index contributed by atoms with van der Waals surface area (Å²) >= 11 is 0. The number of hydrogen-bond acceptors (Lipinski definition) is 5. The Hall–Kier alpha value is -3.20. The van der Waals surface area contributed by atoms with E-state index >= 15 is 0 Å². The maximum atomic E-state index is 12.5. The van der Waals surface area contributed by atoms with Crippen LogP contribution in [-0.4, -0.2) is 34.9 Å². The van der Waals surface area contributed by atoms with E-state index in [-0.39, 0.29) is 16.1 Å².